The van der Waals surface area contributed by atoms with Gasteiger partial charge >= 0.3 is 5.69 Å². The third-order valence-electron chi connectivity index (χ3n) is 7.32. The minimum Gasteiger partial charge on any atom is -0.273 e. The summed E-state index contributed by atoms with van der Waals surface area (Å²) in [6.45, 7) is 1.83. The van der Waals surface area contributed by atoms with Crippen molar-refractivity contribution in [2.24, 2.45) is 23.2 Å². The van der Waals surface area contributed by atoms with Gasteiger partial charge in [-0.25, -0.2) is 0 Å². The molecule has 0 saturated heterocycles. The molecule has 0 aromatic carbocycles. The second-order valence-corrected chi connectivity index (χ2v) is 9.71. The van der Waals surface area contributed by atoms with Gasteiger partial charge in [0.2, 0.25) is 11.8 Å². The van der Waals surface area contributed by atoms with Crippen LogP contribution in [-0.4, -0.2) is 46.7 Å². The summed E-state index contributed by atoms with van der Waals surface area (Å²) in [4.78, 5) is 37.8. The topological polar surface area (TPSA) is 163 Å². The van der Waals surface area contributed by atoms with Gasteiger partial charge in [0, 0.05) is 0 Å². The highest BCUT2D eigenvalue weighted by Gasteiger charge is 2.62. The summed E-state index contributed by atoms with van der Waals surface area (Å²) >= 11 is 0. The Labute approximate surface area is 183 Å². The van der Waals surface area contributed by atoms with Crippen LogP contribution in [0, 0.1) is 33.3 Å². The molecule has 0 unspecified atom stereocenters. The molecule has 2 aromatic rings. The minimum atomic E-state index is -0.559. The fourth-order valence-corrected chi connectivity index (χ4v) is 6.38. The molecule has 0 radical (unpaired) electrons. The Morgan fingerprint density at radius 2 is 2.00 bits per heavy atom. The number of nitrogens with zero attached hydrogens (tertiary/aromatic N) is 7. The highest BCUT2D eigenvalue weighted by molar-refractivity contribution is 5.87. The van der Waals surface area contributed by atoms with Crippen LogP contribution in [0.3, 0.4) is 0 Å². The Kier molecular flexibility index (Phi) is 4.71. The fraction of sp³-hybridized carbons (Fsp3) is 0.684. The Bertz CT molecular complexity index is 1040. The second-order valence-electron chi connectivity index (χ2n) is 9.71. The maximum absolute atomic E-state index is 13.3. The van der Waals surface area contributed by atoms with Crippen molar-refractivity contribution in [1.29, 1.82) is 0 Å². The first-order chi connectivity index (χ1) is 15.3. The van der Waals surface area contributed by atoms with Gasteiger partial charge < -0.3 is 0 Å². The van der Waals surface area contributed by atoms with Crippen LogP contribution in [0.4, 0.5) is 5.69 Å². The molecule has 0 aliphatic heterocycles. The Morgan fingerprint density at radius 1 is 1.25 bits per heavy atom. The summed E-state index contributed by atoms with van der Waals surface area (Å²) < 4.78 is 1.35. The molecule has 13 nitrogen and oxygen atoms in total. The molecular formula is C19H25N9O4. The lowest BCUT2D eigenvalue weighted by Crippen LogP contribution is -2.63. The number of hydrogen-bond donors (Lipinski definition) is 2. The van der Waals surface area contributed by atoms with Gasteiger partial charge in [0.1, 0.15) is 12.4 Å². The molecule has 2 aromatic heterocycles. The van der Waals surface area contributed by atoms with Crippen molar-refractivity contribution in [3.63, 3.8) is 0 Å². The second kappa shape index (κ2) is 7.35. The predicted molar refractivity (Wildman–Crippen MR) is 107 cm³/mol. The van der Waals surface area contributed by atoms with E-state index in [0.717, 1.165) is 38.3 Å². The van der Waals surface area contributed by atoms with Crippen molar-refractivity contribution < 1.29 is 14.5 Å². The number of hydrazine groups is 1. The number of tetrazole rings is 1. The van der Waals surface area contributed by atoms with E-state index in [4.69, 9.17) is 0 Å². The Hall–Kier alpha value is -3.38. The molecular weight excluding hydrogens is 418 g/mol. The van der Waals surface area contributed by atoms with Crippen molar-refractivity contribution in [2.75, 3.05) is 0 Å². The zero-order chi connectivity index (χ0) is 22.5. The number of nitrogens with one attached hydrogen (secondary N) is 2. The molecule has 170 valence electrons. The Balaban J connectivity index is 1.23. The molecule has 3 atom stereocenters. The molecule has 4 saturated carbocycles. The van der Waals surface area contributed by atoms with E-state index >= 15 is 0 Å². The molecule has 13 heteroatoms. The molecule has 32 heavy (non-hydrogen) atoms. The highest BCUT2D eigenvalue weighted by Crippen LogP contribution is 2.63. The average molecular weight is 443 g/mol. The van der Waals surface area contributed by atoms with E-state index in [0.29, 0.717) is 18.3 Å². The van der Waals surface area contributed by atoms with Crippen LogP contribution in [-0.2, 0) is 21.7 Å². The number of nitro groups is 1. The summed E-state index contributed by atoms with van der Waals surface area (Å²) in [6, 6.07) is 0. The summed E-state index contributed by atoms with van der Waals surface area (Å²) in [7, 11) is 0. The van der Waals surface area contributed by atoms with Crippen LogP contribution in [0.1, 0.15) is 45.4 Å². The average Bonchev–Trinajstić information content (AvgIpc) is 3.43. The lowest BCUT2D eigenvalue weighted by Gasteiger charge is -2.60. The normalized spacial score (nSPS) is 31.3. The molecule has 4 aliphatic carbocycles. The van der Waals surface area contributed by atoms with Gasteiger partial charge in [0.15, 0.2) is 6.33 Å². The maximum atomic E-state index is 13.3. The third-order valence-corrected chi connectivity index (χ3v) is 7.32. The van der Waals surface area contributed by atoms with Gasteiger partial charge in [-0.05, 0) is 55.6 Å². The summed E-state index contributed by atoms with van der Waals surface area (Å²) in [6.07, 6.45) is 9.10. The zero-order valence-electron chi connectivity index (χ0n) is 17.7. The van der Waals surface area contributed by atoms with Gasteiger partial charge in [-0.1, -0.05) is 6.92 Å². The first-order valence-electron chi connectivity index (χ1n) is 10.8. The van der Waals surface area contributed by atoms with Crippen LogP contribution in [0.15, 0.2) is 18.7 Å². The highest BCUT2D eigenvalue weighted by atomic mass is 16.6. The lowest BCUT2D eigenvalue weighted by molar-refractivity contribution is -0.385. The molecule has 2 amide bonds. The fourth-order valence-electron chi connectivity index (χ4n) is 6.38. The first-order valence-corrected chi connectivity index (χ1v) is 10.8. The van der Waals surface area contributed by atoms with E-state index in [-0.39, 0.29) is 29.6 Å². The monoisotopic (exact) mass is 443 g/mol. The maximum Gasteiger partial charge on any atom is 0.306 e. The number of carbonyl (C=O) groups excluding carboxylic acids is 2. The van der Waals surface area contributed by atoms with Crippen LogP contribution in [0.5, 0.6) is 0 Å². The van der Waals surface area contributed by atoms with Crippen molar-refractivity contribution in [3.05, 3.63) is 28.8 Å². The van der Waals surface area contributed by atoms with Gasteiger partial charge in [-0.15, -0.1) is 10.2 Å². The quantitative estimate of drug-likeness (QED) is 0.483. The molecule has 2 heterocycles. The largest absolute Gasteiger partial charge is 0.306 e. The van der Waals surface area contributed by atoms with Gasteiger partial charge in [-0.2, -0.15) is 9.90 Å². The summed E-state index contributed by atoms with van der Waals surface area (Å²) in [5, 5.41) is 27.0. The van der Waals surface area contributed by atoms with Gasteiger partial charge in [-0.3, -0.25) is 35.2 Å². The van der Waals surface area contributed by atoms with Crippen LogP contribution >= 0.6 is 0 Å². The van der Waals surface area contributed by atoms with E-state index in [1.54, 1.807) is 11.7 Å². The van der Waals surface area contributed by atoms with E-state index in [1.807, 2.05) is 0 Å². The van der Waals surface area contributed by atoms with E-state index in [9.17, 15) is 19.7 Å². The zero-order valence-corrected chi connectivity index (χ0v) is 17.7. The number of hydrogen-bond acceptors (Lipinski definition) is 8. The smallest absolute Gasteiger partial charge is 0.273 e. The SMILES string of the molecule is C[C@@H](Cn1cc([N+](=O)[O-])cn1)C(=O)NNC(=O)C12C[C@@H]3C[C@@H](C1)CC(n1ncnn1)(C3)C2. The molecule has 4 aliphatic rings. The number of rotatable bonds is 6. The molecule has 6 rings (SSSR count). The number of carbonyl (C=O) groups is 2. The first kappa shape index (κ1) is 20.5. The van der Waals surface area contributed by atoms with Gasteiger partial charge in [0.25, 0.3) is 0 Å². The third kappa shape index (κ3) is 3.41. The number of aromatic nitrogens is 6. The summed E-state index contributed by atoms with van der Waals surface area (Å²) in [5.74, 6) is -0.242. The van der Waals surface area contributed by atoms with E-state index in [2.05, 4.69) is 31.4 Å². The lowest BCUT2D eigenvalue weighted by atomic mass is 9.46. The van der Waals surface area contributed by atoms with Gasteiger partial charge in [0.05, 0.1) is 28.3 Å². The van der Waals surface area contributed by atoms with Crippen molar-refractivity contribution >= 4 is 17.5 Å². The predicted octanol–water partition coefficient (Wildman–Crippen LogP) is 0.557. The summed E-state index contributed by atoms with van der Waals surface area (Å²) in [5.41, 5.74) is 4.21. The van der Waals surface area contributed by atoms with E-state index < -0.39 is 16.3 Å². The molecule has 4 fully saturated rings. The van der Waals surface area contributed by atoms with Crippen molar-refractivity contribution in [3.8, 4) is 0 Å². The molecule has 2 N–H and O–H groups in total. The van der Waals surface area contributed by atoms with Crippen LogP contribution in [0.25, 0.3) is 0 Å². The molecule has 0 spiro atoms. The standard InChI is InChI=1S/C19H25N9O4/c1-12(8-26-9-15(7-21-26)27(31)32)16(29)23-24-17(30)18-3-13-2-14(4-18)6-19(5-13,10-18)28-22-11-20-25-28/h7,9,11-14H,2-6,8,10H2,1H3,(H,23,29)(H,24,30)/t12-,13-,14-,18?,19?/m0/s1. The van der Waals surface area contributed by atoms with Crippen LogP contribution < -0.4 is 10.9 Å². The number of amides is 2. The van der Waals surface area contributed by atoms with Crippen molar-refractivity contribution in [2.45, 2.75) is 57.5 Å². The Morgan fingerprint density at radius 3 is 2.62 bits per heavy atom. The molecule has 4 bridgehead atoms. The van der Waals surface area contributed by atoms with Crippen LogP contribution in [0.2, 0.25) is 0 Å². The minimum absolute atomic E-state index is 0.136. The van der Waals surface area contributed by atoms with E-state index in [1.165, 1.54) is 17.2 Å². The van der Waals surface area contributed by atoms with Crippen molar-refractivity contribution in [1.82, 2.24) is 40.8 Å².